The van der Waals surface area contributed by atoms with Gasteiger partial charge in [0, 0.05) is 5.57 Å². The van der Waals surface area contributed by atoms with E-state index in [1.807, 2.05) is 0 Å². The summed E-state index contributed by atoms with van der Waals surface area (Å²) in [5.74, 6) is -0.202. The smallest absolute Gasteiger partial charge is 0.332 e. The zero-order valence-electron chi connectivity index (χ0n) is 14.1. The summed E-state index contributed by atoms with van der Waals surface area (Å²) in [5.41, 5.74) is 0.523. The molecule has 0 amide bonds. The molecule has 0 spiro atoms. The van der Waals surface area contributed by atoms with Crippen molar-refractivity contribution in [2.45, 2.75) is 84.4 Å². The molecule has 2 nitrogen and oxygen atoms in total. The first kappa shape index (κ1) is 19.4. The van der Waals surface area contributed by atoms with Crippen molar-refractivity contribution in [3.63, 3.8) is 0 Å². The van der Waals surface area contributed by atoms with Crippen molar-refractivity contribution in [3.05, 3.63) is 12.2 Å². The first-order valence-corrected chi connectivity index (χ1v) is 11.2. The largest absolute Gasteiger partial charge is 0.466 e. The van der Waals surface area contributed by atoms with Gasteiger partial charge in [-0.1, -0.05) is 84.0 Å². The van der Waals surface area contributed by atoms with Crippen LogP contribution in [-0.4, -0.2) is 20.3 Å². The number of unbranched alkanes of at least 4 members (excludes halogenated alkanes) is 3. The Morgan fingerprint density at radius 3 is 1.65 bits per heavy atom. The van der Waals surface area contributed by atoms with Gasteiger partial charge in [0.05, 0.1) is 14.3 Å². The molecular formula is C17H34O2Si. The Bertz CT molecular complexity index is 265. The van der Waals surface area contributed by atoms with Crippen molar-refractivity contribution in [2.24, 2.45) is 0 Å². The van der Waals surface area contributed by atoms with E-state index in [1.165, 1.54) is 56.7 Å². The molecule has 0 aromatic carbocycles. The van der Waals surface area contributed by atoms with E-state index >= 15 is 0 Å². The summed E-state index contributed by atoms with van der Waals surface area (Å²) in [6.07, 6.45) is 8.27. The fraction of sp³-hybridized carbons (Fsp3) is 0.824. The Hall–Kier alpha value is -0.573. The van der Waals surface area contributed by atoms with Crippen LogP contribution in [-0.2, 0) is 9.53 Å². The van der Waals surface area contributed by atoms with Crippen LogP contribution in [0.25, 0.3) is 0 Å². The predicted molar refractivity (Wildman–Crippen MR) is 90.7 cm³/mol. The molecule has 0 aliphatic carbocycles. The van der Waals surface area contributed by atoms with Gasteiger partial charge >= 0.3 is 5.97 Å². The summed E-state index contributed by atoms with van der Waals surface area (Å²) >= 11 is 0. The van der Waals surface area contributed by atoms with E-state index in [1.54, 1.807) is 6.92 Å². The monoisotopic (exact) mass is 298 g/mol. The summed E-state index contributed by atoms with van der Waals surface area (Å²) in [6.45, 7) is 12.2. The van der Waals surface area contributed by atoms with Crippen LogP contribution in [0.1, 0.15) is 66.2 Å². The second-order valence-electron chi connectivity index (χ2n) is 6.17. The van der Waals surface area contributed by atoms with E-state index in [4.69, 9.17) is 4.74 Å². The minimum absolute atomic E-state index is 0.202. The van der Waals surface area contributed by atoms with Crippen molar-refractivity contribution in [2.75, 3.05) is 6.23 Å². The third-order valence-electron chi connectivity index (χ3n) is 4.04. The second-order valence-corrected chi connectivity index (χ2v) is 11.0. The number of carbonyl (C=O) groups is 1. The zero-order chi connectivity index (χ0) is 15.4. The maximum Gasteiger partial charge on any atom is 0.332 e. The standard InChI is InChI=1S/C17H34O2Si/c1-6-9-12-20(13-10-7-2,14-11-8-3)15-19-17(18)16(4)5/h4,6-15H2,1-3,5H3. The molecule has 0 radical (unpaired) electrons. The third kappa shape index (κ3) is 7.88. The topological polar surface area (TPSA) is 26.3 Å². The molecule has 0 aliphatic heterocycles. The van der Waals surface area contributed by atoms with Crippen molar-refractivity contribution in [1.82, 2.24) is 0 Å². The predicted octanol–water partition coefficient (Wildman–Crippen LogP) is 5.49. The van der Waals surface area contributed by atoms with Gasteiger partial charge in [-0.3, -0.25) is 0 Å². The molecule has 0 rings (SSSR count). The molecule has 0 aromatic heterocycles. The molecule has 20 heavy (non-hydrogen) atoms. The van der Waals surface area contributed by atoms with Gasteiger partial charge in [-0.05, 0) is 6.92 Å². The lowest BCUT2D eigenvalue weighted by Crippen LogP contribution is -2.41. The fourth-order valence-electron chi connectivity index (χ4n) is 2.59. The Morgan fingerprint density at radius 1 is 0.950 bits per heavy atom. The zero-order valence-corrected chi connectivity index (χ0v) is 15.1. The van der Waals surface area contributed by atoms with Gasteiger partial charge in [0.15, 0.2) is 0 Å². The fourth-order valence-corrected chi connectivity index (χ4v) is 7.52. The van der Waals surface area contributed by atoms with Gasteiger partial charge in [0.25, 0.3) is 0 Å². The van der Waals surface area contributed by atoms with Crippen LogP contribution < -0.4 is 0 Å². The highest BCUT2D eigenvalue weighted by Crippen LogP contribution is 2.29. The van der Waals surface area contributed by atoms with Crippen LogP contribution in [0.3, 0.4) is 0 Å². The van der Waals surface area contributed by atoms with Gasteiger partial charge in [0.1, 0.15) is 0 Å². The SMILES string of the molecule is C=C(C)C(=O)OC[Si](CCCC)(CCCC)CCCC. The number of esters is 1. The van der Waals surface area contributed by atoms with Crippen molar-refractivity contribution < 1.29 is 9.53 Å². The van der Waals surface area contributed by atoms with Crippen molar-refractivity contribution in [1.29, 1.82) is 0 Å². The van der Waals surface area contributed by atoms with E-state index in [2.05, 4.69) is 27.4 Å². The summed E-state index contributed by atoms with van der Waals surface area (Å²) in [6, 6.07) is 3.94. The molecule has 118 valence electrons. The van der Waals surface area contributed by atoms with Crippen LogP contribution in [0.5, 0.6) is 0 Å². The molecule has 0 fully saturated rings. The Kier molecular flexibility index (Phi) is 10.8. The first-order chi connectivity index (χ1) is 9.51. The van der Waals surface area contributed by atoms with E-state index in [0.29, 0.717) is 11.8 Å². The molecule has 0 heterocycles. The maximum atomic E-state index is 11.7. The highest BCUT2D eigenvalue weighted by molar-refractivity contribution is 6.79. The first-order valence-electron chi connectivity index (χ1n) is 8.34. The normalized spacial score (nSPS) is 11.4. The lowest BCUT2D eigenvalue weighted by Gasteiger charge is -2.31. The van der Waals surface area contributed by atoms with Crippen LogP contribution in [0, 0.1) is 0 Å². The van der Waals surface area contributed by atoms with Gasteiger partial charge in [-0.15, -0.1) is 0 Å². The van der Waals surface area contributed by atoms with Gasteiger partial charge in [-0.25, -0.2) is 4.79 Å². The van der Waals surface area contributed by atoms with E-state index in [9.17, 15) is 4.79 Å². The van der Waals surface area contributed by atoms with Gasteiger partial charge in [0.2, 0.25) is 0 Å². The third-order valence-corrected chi connectivity index (χ3v) is 9.04. The van der Waals surface area contributed by atoms with Crippen LogP contribution in [0.15, 0.2) is 12.2 Å². The summed E-state index contributed by atoms with van der Waals surface area (Å²) < 4.78 is 5.58. The average Bonchev–Trinajstić information content (AvgIpc) is 2.45. The lowest BCUT2D eigenvalue weighted by molar-refractivity contribution is -0.137. The molecule has 0 N–H and O–H groups in total. The van der Waals surface area contributed by atoms with E-state index in [-0.39, 0.29) is 5.97 Å². The van der Waals surface area contributed by atoms with Gasteiger partial charge < -0.3 is 4.74 Å². The van der Waals surface area contributed by atoms with Crippen LogP contribution in [0.2, 0.25) is 18.1 Å². The minimum Gasteiger partial charge on any atom is -0.466 e. The quantitative estimate of drug-likeness (QED) is 0.270. The molecule has 3 heteroatoms. The maximum absolute atomic E-state index is 11.7. The molecule has 0 aliphatic rings. The lowest BCUT2D eigenvalue weighted by atomic mass is 10.4. The second kappa shape index (κ2) is 11.1. The molecule has 0 saturated heterocycles. The van der Waals surface area contributed by atoms with Crippen LogP contribution >= 0.6 is 0 Å². The molecule has 0 unspecified atom stereocenters. The molecular weight excluding hydrogens is 264 g/mol. The number of carbonyl (C=O) groups excluding carboxylic acids is 1. The highest BCUT2D eigenvalue weighted by Gasteiger charge is 2.32. The molecule has 0 aromatic rings. The summed E-state index contributed by atoms with van der Waals surface area (Å²) in [5, 5.41) is 0. The van der Waals surface area contributed by atoms with E-state index < -0.39 is 8.07 Å². The Labute approximate surface area is 127 Å². The van der Waals surface area contributed by atoms with Crippen LogP contribution in [0.4, 0.5) is 0 Å². The Morgan fingerprint density at radius 2 is 1.35 bits per heavy atom. The number of ether oxygens (including phenoxy) is 1. The Balaban J connectivity index is 4.73. The molecule has 0 bridgehead atoms. The summed E-state index contributed by atoms with van der Waals surface area (Å²) in [4.78, 5) is 11.7. The average molecular weight is 299 g/mol. The van der Waals surface area contributed by atoms with Gasteiger partial charge in [-0.2, -0.15) is 0 Å². The number of hydrogen-bond acceptors (Lipinski definition) is 2. The van der Waals surface area contributed by atoms with Crippen molar-refractivity contribution >= 4 is 14.0 Å². The molecule has 0 atom stereocenters. The highest BCUT2D eigenvalue weighted by atomic mass is 28.3. The summed E-state index contributed by atoms with van der Waals surface area (Å²) in [7, 11) is -1.45. The number of rotatable bonds is 12. The molecule has 0 saturated carbocycles. The minimum atomic E-state index is -1.45. The van der Waals surface area contributed by atoms with Crippen molar-refractivity contribution in [3.8, 4) is 0 Å². The number of hydrogen-bond donors (Lipinski definition) is 0. The van der Waals surface area contributed by atoms with E-state index in [0.717, 1.165) is 0 Å².